The molecule has 1 N–H and O–H groups in total. The Morgan fingerprint density at radius 3 is 3.13 bits per heavy atom. The van der Waals surface area contributed by atoms with Gasteiger partial charge in [-0.05, 0) is 6.42 Å². The lowest BCUT2D eigenvalue weighted by molar-refractivity contribution is -0.136. The van der Waals surface area contributed by atoms with Crippen molar-refractivity contribution in [1.82, 2.24) is 4.98 Å². The minimum atomic E-state index is -0.934. The highest BCUT2D eigenvalue weighted by atomic mass is 16.5. The molecule has 1 aromatic rings. The van der Waals surface area contributed by atoms with E-state index in [9.17, 15) is 4.79 Å². The molecule has 1 unspecified atom stereocenters. The zero-order chi connectivity index (χ0) is 10.9. The Hall–Kier alpha value is -1.36. The molecule has 1 aromatic heterocycles. The van der Waals surface area contributed by atoms with Crippen molar-refractivity contribution >= 4 is 5.97 Å². The predicted octanol–water partition coefficient (Wildman–Crippen LogP) is 0.980. The molecule has 1 aliphatic heterocycles. The summed E-state index contributed by atoms with van der Waals surface area (Å²) in [7, 11) is 0. The van der Waals surface area contributed by atoms with Crippen molar-refractivity contribution in [2.75, 3.05) is 13.2 Å². The van der Waals surface area contributed by atoms with Crippen LogP contribution in [-0.2, 0) is 21.4 Å². The number of hydrogen-bond donors (Lipinski definition) is 1. The molecule has 1 fully saturated rings. The predicted molar refractivity (Wildman–Crippen MR) is 50.6 cm³/mol. The van der Waals surface area contributed by atoms with E-state index in [0.29, 0.717) is 13.2 Å². The third-order valence-corrected chi connectivity index (χ3v) is 2.67. The quantitative estimate of drug-likeness (QED) is 0.806. The summed E-state index contributed by atoms with van der Waals surface area (Å²) in [4.78, 5) is 14.4. The van der Waals surface area contributed by atoms with Crippen LogP contribution in [0.5, 0.6) is 0 Å². The van der Waals surface area contributed by atoms with Crippen LogP contribution in [0.15, 0.2) is 10.6 Å². The molecule has 2 heterocycles. The molecule has 0 saturated carbocycles. The number of carboxylic acid groups (broad SMARTS) is 1. The molecule has 0 radical (unpaired) electrons. The van der Waals surface area contributed by atoms with Crippen molar-refractivity contribution in [1.29, 1.82) is 0 Å². The summed E-state index contributed by atoms with van der Waals surface area (Å²) in [6, 6.07) is 0. The van der Waals surface area contributed by atoms with Gasteiger partial charge in [-0.1, -0.05) is 6.92 Å². The fourth-order valence-corrected chi connectivity index (χ4v) is 1.66. The Bertz CT molecular complexity index is 365. The van der Waals surface area contributed by atoms with E-state index in [1.54, 1.807) is 6.20 Å². The summed E-state index contributed by atoms with van der Waals surface area (Å²) in [6.45, 7) is 3.35. The first-order chi connectivity index (χ1) is 7.10. The second-order valence-corrected chi connectivity index (χ2v) is 4.05. The standard InChI is InChI=1S/C10H13NO4/c1-10(2-3-14-6-10)7-5-11-8(15-7)4-9(12)13/h5H,2-4,6H2,1H3,(H,12,13). The van der Waals surface area contributed by atoms with Gasteiger partial charge in [0.25, 0.3) is 0 Å². The molecule has 1 aliphatic rings. The smallest absolute Gasteiger partial charge is 0.312 e. The zero-order valence-corrected chi connectivity index (χ0v) is 8.52. The van der Waals surface area contributed by atoms with E-state index in [0.717, 1.165) is 12.2 Å². The van der Waals surface area contributed by atoms with Crippen molar-refractivity contribution < 1.29 is 19.1 Å². The van der Waals surface area contributed by atoms with E-state index in [-0.39, 0.29) is 17.7 Å². The van der Waals surface area contributed by atoms with Gasteiger partial charge < -0.3 is 14.3 Å². The fraction of sp³-hybridized carbons (Fsp3) is 0.600. The van der Waals surface area contributed by atoms with Crippen molar-refractivity contribution in [2.45, 2.75) is 25.2 Å². The molecule has 82 valence electrons. The van der Waals surface area contributed by atoms with Crippen molar-refractivity contribution in [3.63, 3.8) is 0 Å². The van der Waals surface area contributed by atoms with Crippen molar-refractivity contribution in [3.05, 3.63) is 17.8 Å². The van der Waals surface area contributed by atoms with Crippen molar-refractivity contribution in [3.8, 4) is 0 Å². The van der Waals surface area contributed by atoms with E-state index in [1.165, 1.54) is 0 Å². The zero-order valence-electron chi connectivity index (χ0n) is 8.52. The van der Waals surface area contributed by atoms with Crippen LogP contribution in [0.3, 0.4) is 0 Å². The highest BCUT2D eigenvalue weighted by molar-refractivity contribution is 5.68. The molecular formula is C10H13NO4. The topological polar surface area (TPSA) is 72.6 Å². The Kier molecular flexibility index (Phi) is 2.48. The third-order valence-electron chi connectivity index (χ3n) is 2.67. The Labute approximate surface area is 87.1 Å². The summed E-state index contributed by atoms with van der Waals surface area (Å²) < 4.78 is 10.7. The number of carbonyl (C=O) groups is 1. The number of ether oxygens (including phenoxy) is 1. The Morgan fingerprint density at radius 2 is 2.53 bits per heavy atom. The molecule has 0 bridgehead atoms. The second kappa shape index (κ2) is 3.66. The first-order valence-corrected chi connectivity index (χ1v) is 4.85. The van der Waals surface area contributed by atoms with Crippen LogP contribution in [0.1, 0.15) is 25.0 Å². The molecular weight excluding hydrogens is 198 g/mol. The van der Waals surface area contributed by atoms with Gasteiger partial charge in [-0.25, -0.2) is 4.98 Å². The number of oxazole rings is 1. The molecule has 2 rings (SSSR count). The molecule has 0 spiro atoms. The summed E-state index contributed by atoms with van der Waals surface area (Å²) in [5.41, 5.74) is -0.149. The number of aliphatic carboxylic acids is 1. The molecule has 1 saturated heterocycles. The number of carboxylic acids is 1. The minimum absolute atomic E-state index is 0.149. The third kappa shape index (κ3) is 2.02. The van der Waals surface area contributed by atoms with Gasteiger partial charge in [0.2, 0.25) is 5.89 Å². The van der Waals surface area contributed by atoms with E-state index >= 15 is 0 Å². The summed E-state index contributed by atoms with van der Waals surface area (Å²) in [5, 5.41) is 8.58. The van der Waals surface area contributed by atoms with Gasteiger partial charge in [-0.15, -0.1) is 0 Å². The second-order valence-electron chi connectivity index (χ2n) is 4.05. The van der Waals surface area contributed by atoms with E-state index in [2.05, 4.69) is 4.98 Å². The van der Waals surface area contributed by atoms with Crippen LogP contribution in [-0.4, -0.2) is 29.3 Å². The van der Waals surface area contributed by atoms with Gasteiger partial charge in [0.15, 0.2) is 0 Å². The number of rotatable bonds is 3. The van der Waals surface area contributed by atoms with Gasteiger partial charge in [-0.3, -0.25) is 4.79 Å². The van der Waals surface area contributed by atoms with Gasteiger partial charge in [0.1, 0.15) is 12.2 Å². The van der Waals surface area contributed by atoms with Crippen LogP contribution in [0.25, 0.3) is 0 Å². The average molecular weight is 211 g/mol. The fourth-order valence-electron chi connectivity index (χ4n) is 1.66. The normalized spacial score (nSPS) is 25.7. The molecule has 0 amide bonds. The van der Waals surface area contributed by atoms with Crippen LogP contribution < -0.4 is 0 Å². The van der Waals surface area contributed by atoms with Gasteiger partial charge >= 0.3 is 5.97 Å². The van der Waals surface area contributed by atoms with E-state index < -0.39 is 5.97 Å². The molecule has 15 heavy (non-hydrogen) atoms. The molecule has 5 heteroatoms. The van der Waals surface area contributed by atoms with Crippen LogP contribution in [0.2, 0.25) is 0 Å². The van der Waals surface area contributed by atoms with Crippen LogP contribution >= 0.6 is 0 Å². The highest BCUT2D eigenvalue weighted by Gasteiger charge is 2.35. The van der Waals surface area contributed by atoms with Crippen LogP contribution in [0, 0.1) is 0 Å². The lowest BCUT2D eigenvalue weighted by Crippen LogP contribution is -2.20. The van der Waals surface area contributed by atoms with E-state index in [4.69, 9.17) is 14.3 Å². The first-order valence-electron chi connectivity index (χ1n) is 4.85. The summed E-state index contributed by atoms with van der Waals surface area (Å²) >= 11 is 0. The maximum Gasteiger partial charge on any atom is 0.312 e. The van der Waals surface area contributed by atoms with Crippen molar-refractivity contribution in [2.24, 2.45) is 0 Å². The largest absolute Gasteiger partial charge is 0.481 e. The number of aromatic nitrogens is 1. The lowest BCUT2D eigenvalue weighted by atomic mass is 9.88. The maximum atomic E-state index is 10.5. The molecule has 0 aromatic carbocycles. The monoisotopic (exact) mass is 211 g/mol. The maximum absolute atomic E-state index is 10.5. The minimum Gasteiger partial charge on any atom is -0.481 e. The molecule has 5 nitrogen and oxygen atoms in total. The highest BCUT2D eigenvalue weighted by Crippen LogP contribution is 2.32. The van der Waals surface area contributed by atoms with E-state index in [1.807, 2.05) is 6.92 Å². The Balaban J connectivity index is 2.15. The average Bonchev–Trinajstić information content (AvgIpc) is 2.74. The van der Waals surface area contributed by atoms with Crippen LogP contribution in [0.4, 0.5) is 0 Å². The van der Waals surface area contributed by atoms with Gasteiger partial charge in [-0.2, -0.15) is 0 Å². The summed E-state index contributed by atoms with van der Waals surface area (Å²) in [6.07, 6.45) is 2.32. The number of hydrogen-bond acceptors (Lipinski definition) is 4. The first kappa shape index (κ1) is 10.2. The van der Waals surface area contributed by atoms with Gasteiger partial charge in [0.05, 0.1) is 18.2 Å². The van der Waals surface area contributed by atoms with Gasteiger partial charge in [0, 0.05) is 6.61 Å². The molecule has 1 atom stereocenters. The summed E-state index contributed by atoms with van der Waals surface area (Å²) in [5.74, 6) is 0.0399. The SMILES string of the molecule is CC1(c2cnc(CC(=O)O)o2)CCOC1. The number of nitrogens with zero attached hydrogens (tertiary/aromatic N) is 1. The Morgan fingerprint density at radius 1 is 1.73 bits per heavy atom. The molecule has 0 aliphatic carbocycles. The lowest BCUT2D eigenvalue weighted by Gasteiger charge is -2.17.